The highest BCUT2D eigenvalue weighted by Crippen LogP contribution is 2.59. The predicted octanol–water partition coefficient (Wildman–Crippen LogP) is 4.70. The average Bonchev–Trinajstić information content (AvgIpc) is 3.89. The number of benzene rings is 2. The lowest BCUT2D eigenvalue weighted by molar-refractivity contribution is 0.0776. The van der Waals surface area contributed by atoms with Gasteiger partial charge < -0.3 is 23.7 Å². The van der Waals surface area contributed by atoms with E-state index in [1.165, 1.54) is 48.7 Å². The maximum Gasteiger partial charge on any atom is 0.255 e. The summed E-state index contributed by atoms with van der Waals surface area (Å²) < 4.78 is 10.5. The minimum Gasteiger partial charge on any atom is -0.494 e. The zero-order valence-corrected chi connectivity index (χ0v) is 23.5. The number of aromatic nitrogens is 3. The first kappa shape index (κ1) is 23.2. The topological polar surface area (TPSA) is 58.5 Å². The van der Waals surface area contributed by atoms with Gasteiger partial charge in [0.05, 0.1) is 24.4 Å². The van der Waals surface area contributed by atoms with E-state index in [9.17, 15) is 4.79 Å². The summed E-state index contributed by atoms with van der Waals surface area (Å²) in [6, 6.07) is 14.3. The van der Waals surface area contributed by atoms with Gasteiger partial charge in [-0.3, -0.25) is 9.69 Å². The second kappa shape index (κ2) is 8.03. The molecule has 206 valence electrons. The fourth-order valence-electron chi connectivity index (χ4n) is 7.26. The molecule has 6 aliphatic rings. The van der Waals surface area contributed by atoms with Crippen molar-refractivity contribution in [2.45, 2.75) is 56.9 Å². The number of piperazine rings is 1. The molecular weight excluding hydrogens is 500 g/mol. The van der Waals surface area contributed by atoms with Crippen LogP contribution in [0.4, 0.5) is 5.69 Å². The molecule has 6 fully saturated rings. The summed E-state index contributed by atoms with van der Waals surface area (Å²) in [6.45, 7) is 2.96. The summed E-state index contributed by atoms with van der Waals surface area (Å²) >= 11 is 0. The number of ether oxygens (including phenoxy) is 1. The maximum absolute atomic E-state index is 13.4. The van der Waals surface area contributed by atoms with Crippen LogP contribution in [0.5, 0.6) is 5.75 Å². The first-order valence-corrected chi connectivity index (χ1v) is 15.0. The summed E-state index contributed by atoms with van der Waals surface area (Å²) in [5, 5.41) is 1.26. The Morgan fingerprint density at radius 3 is 2.60 bits per heavy atom. The Morgan fingerprint density at radius 2 is 1.90 bits per heavy atom. The molecule has 2 saturated carbocycles. The second-order valence-electron chi connectivity index (χ2n) is 12.9. The number of carbonyl (C=O) groups excluding carboxylic acids is 1. The van der Waals surface area contributed by atoms with Crippen LogP contribution in [0.15, 0.2) is 36.4 Å². The van der Waals surface area contributed by atoms with Crippen molar-refractivity contribution in [3.05, 3.63) is 42.0 Å². The number of methoxy groups -OCH3 is 1. The van der Waals surface area contributed by atoms with Crippen LogP contribution in [0.3, 0.4) is 0 Å². The molecule has 10 rings (SSSR count). The van der Waals surface area contributed by atoms with Crippen LogP contribution in [0.1, 0.15) is 42.5 Å². The van der Waals surface area contributed by atoms with E-state index in [-0.39, 0.29) is 5.91 Å². The molecule has 2 bridgehead atoms. The molecule has 2 aromatic carbocycles. The predicted molar refractivity (Wildman–Crippen MR) is 156 cm³/mol. The van der Waals surface area contributed by atoms with Gasteiger partial charge in [-0.05, 0) is 67.5 Å². The third kappa shape index (κ3) is 3.41. The van der Waals surface area contributed by atoms with Gasteiger partial charge in [0.2, 0.25) is 0 Å². The summed E-state index contributed by atoms with van der Waals surface area (Å²) in [7, 11) is 5.97. The largest absolute Gasteiger partial charge is 0.494 e. The van der Waals surface area contributed by atoms with Gasteiger partial charge in [-0.2, -0.15) is 0 Å². The first-order chi connectivity index (χ1) is 19.5. The summed E-state index contributed by atoms with van der Waals surface area (Å²) in [5.41, 5.74) is 6.07. The standard InChI is InChI=1S/C32H36N6O2/c1-34(11-10-18-4-5-18)22-8-9-24-20(12-22)14-25(36(24)16-19-6-7-19)30-33-23-13-21(15-27(40-3)28(23)35(30)2)32(39)37-17-26-29-31(37)38(26)29/h8-9,12-15,18-19,26,29,31H,4-7,10-11,16-17H2,1-3H3. The van der Waals surface area contributed by atoms with Crippen LogP contribution in [0.2, 0.25) is 0 Å². The normalized spacial score (nSPS) is 26.0. The molecule has 2 aromatic heterocycles. The van der Waals surface area contributed by atoms with Crippen molar-refractivity contribution in [3.63, 3.8) is 0 Å². The zero-order chi connectivity index (χ0) is 26.9. The number of aryl methyl sites for hydroxylation is 1. The highest BCUT2D eigenvalue weighted by molar-refractivity contribution is 6.01. The summed E-state index contributed by atoms with van der Waals surface area (Å²) in [6.07, 6.45) is 6.99. The molecule has 4 aliphatic heterocycles. The fraction of sp³-hybridized carbons (Fsp3) is 0.500. The zero-order valence-electron chi connectivity index (χ0n) is 23.5. The molecule has 8 nitrogen and oxygen atoms in total. The van der Waals surface area contributed by atoms with E-state index in [0.29, 0.717) is 29.6 Å². The quantitative estimate of drug-likeness (QED) is 0.290. The second-order valence-corrected chi connectivity index (χ2v) is 12.9. The number of anilines is 1. The van der Waals surface area contributed by atoms with Crippen molar-refractivity contribution in [1.29, 1.82) is 0 Å². The lowest BCUT2D eigenvalue weighted by Gasteiger charge is -2.19. The van der Waals surface area contributed by atoms with Crippen molar-refractivity contribution >= 4 is 33.5 Å². The third-order valence-corrected chi connectivity index (χ3v) is 10.2. The molecular formula is C32H36N6O2. The fourth-order valence-corrected chi connectivity index (χ4v) is 7.26. The van der Waals surface area contributed by atoms with E-state index in [1.807, 2.05) is 17.0 Å². The van der Waals surface area contributed by atoms with Gasteiger partial charge in [-0.25, -0.2) is 4.98 Å². The molecule has 8 heteroatoms. The van der Waals surface area contributed by atoms with Crippen molar-refractivity contribution < 1.29 is 9.53 Å². The van der Waals surface area contributed by atoms with Crippen LogP contribution in [-0.4, -0.2) is 75.3 Å². The number of amides is 1. The Balaban J connectivity index is 1.12. The summed E-state index contributed by atoms with van der Waals surface area (Å²) in [4.78, 5) is 25.4. The first-order valence-electron chi connectivity index (χ1n) is 15.0. The van der Waals surface area contributed by atoms with E-state index in [0.717, 1.165) is 54.0 Å². The molecule has 0 spiro atoms. The van der Waals surface area contributed by atoms with E-state index >= 15 is 0 Å². The Labute approximate surface area is 234 Å². The number of imidazole rings is 1. The van der Waals surface area contributed by atoms with Gasteiger partial charge in [0.15, 0.2) is 5.82 Å². The van der Waals surface area contributed by atoms with Crippen molar-refractivity contribution in [2.75, 3.05) is 32.1 Å². The molecule has 0 radical (unpaired) electrons. The Kier molecular flexibility index (Phi) is 4.66. The van der Waals surface area contributed by atoms with Crippen LogP contribution in [-0.2, 0) is 13.6 Å². The molecule has 40 heavy (non-hydrogen) atoms. The van der Waals surface area contributed by atoms with Crippen LogP contribution >= 0.6 is 0 Å². The molecule has 0 N–H and O–H groups in total. The number of hydrogen-bond donors (Lipinski definition) is 0. The molecule has 4 aromatic rings. The summed E-state index contributed by atoms with van der Waals surface area (Å²) in [5.74, 6) is 3.37. The number of hydrogen-bond acceptors (Lipinski definition) is 5. The minimum atomic E-state index is 0.0890. The molecule has 4 atom stereocenters. The van der Waals surface area contributed by atoms with E-state index in [1.54, 1.807) is 7.11 Å². The Morgan fingerprint density at radius 1 is 1.10 bits per heavy atom. The lowest BCUT2D eigenvalue weighted by atomic mass is 10.1. The van der Waals surface area contributed by atoms with E-state index in [4.69, 9.17) is 9.72 Å². The van der Waals surface area contributed by atoms with Gasteiger partial charge in [-0.1, -0.05) is 12.8 Å². The van der Waals surface area contributed by atoms with Gasteiger partial charge in [0, 0.05) is 61.9 Å². The highest BCUT2D eigenvalue weighted by atomic mass is 16.5. The van der Waals surface area contributed by atoms with Gasteiger partial charge in [-0.15, -0.1) is 0 Å². The average molecular weight is 537 g/mol. The monoisotopic (exact) mass is 536 g/mol. The Bertz CT molecular complexity index is 1690. The van der Waals surface area contributed by atoms with Gasteiger partial charge in [0.1, 0.15) is 17.4 Å². The molecule has 2 aliphatic carbocycles. The van der Waals surface area contributed by atoms with E-state index < -0.39 is 0 Å². The van der Waals surface area contributed by atoms with Crippen LogP contribution in [0.25, 0.3) is 33.5 Å². The number of fused-ring (bicyclic) bond motifs is 3. The highest BCUT2D eigenvalue weighted by Gasteiger charge is 2.80. The SMILES string of the molecule is COc1cc(C(=O)N2CC3C4C2N34)cc2nc(-c3cc4cc(N(C)CCC5CC5)ccc4n3CC3CC3)n(C)c12. The van der Waals surface area contributed by atoms with Crippen molar-refractivity contribution in [3.8, 4) is 17.3 Å². The number of nitrogens with zero attached hydrogens (tertiary/aromatic N) is 6. The Hall–Kier alpha value is -3.52. The number of rotatable bonds is 9. The van der Waals surface area contributed by atoms with Crippen molar-refractivity contribution in [2.24, 2.45) is 18.9 Å². The third-order valence-electron chi connectivity index (χ3n) is 10.2. The molecule has 4 unspecified atom stereocenters. The molecule has 6 heterocycles. The molecule has 4 saturated heterocycles. The van der Waals surface area contributed by atoms with Crippen LogP contribution < -0.4 is 9.64 Å². The smallest absolute Gasteiger partial charge is 0.255 e. The van der Waals surface area contributed by atoms with Crippen LogP contribution in [0, 0.1) is 11.8 Å². The maximum atomic E-state index is 13.4. The van der Waals surface area contributed by atoms with Crippen molar-refractivity contribution in [1.82, 2.24) is 23.9 Å². The van der Waals surface area contributed by atoms with E-state index in [2.05, 4.69) is 57.3 Å². The number of carbonyl (C=O) groups is 1. The lowest BCUT2D eigenvalue weighted by Crippen LogP contribution is -2.30. The van der Waals surface area contributed by atoms with Gasteiger partial charge in [0.25, 0.3) is 5.91 Å². The minimum absolute atomic E-state index is 0.0890. The van der Waals surface area contributed by atoms with Gasteiger partial charge >= 0.3 is 0 Å². The molecule has 1 amide bonds.